The molecule has 19 heavy (non-hydrogen) atoms. The topological polar surface area (TPSA) is 51.8 Å². The highest BCUT2D eigenvalue weighted by atomic mass is 32.1. The summed E-state index contributed by atoms with van der Waals surface area (Å²) in [4.78, 5) is 0. The number of thiocarbonyl (C=S) groups is 1. The number of benzene rings is 1. The van der Waals surface area contributed by atoms with E-state index in [1.165, 1.54) is 0 Å². The molecule has 5 nitrogen and oxygen atoms in total. The number of hydrogen-bond donors (Lipinski definition) is 2. The molecule has 1 fully saturated rings. The average Bonchev–Trinajstić information content (AvgIpc) is 2.92. The minimum atomic E-state index is -1.09. The van der Waals surface area contributed by atoms with Gasteiger partial charge in [-0.1, -0.05) is 18.2 Å². The smallest absolute Gasteiger partial charge is 0.332 e. The van der Waals surface area contributed by atoms with Crippen LogP contribution >= 0.6 is 20.8 Å². The van der Waals surface area contributed by atoms with Gasteiger partial charge in [-0.2, -0.15) is 0 Å². The molecule has 2 rings (SSSR count). The van der Waals surface area contributed by atoms with Crippen LogP contribution in [0, 0.1) is 0 Å². The van der Waals surface area contributed by atoms with Gasteiger partial charge in [-0.25, -0.2) is 0 Å². The molecule has 0 saturated carbocycles. The number of para-hydroxylation sites is 1. The van der Waals surface area contributed by atoms with E-state index in [2.05, 4.69) is 10.6 Å². The van der Waals surface area contributed by atoms with Crippen molar-refractivity contribution in [2.45, 2.75) is 6.42 Å². The van der Waals surface area contributed by atoms with Gasteiger partial charge in [0.15, 0.2) is 5.11 Å². The Morgan fingerprint density at radius 2 is 2.00 bits per heavy atom. The summed E-state index contributed by atoms with van der Waals surface area (Å²) in [6.07, 6.45) is 0.849. The maximum atomic E-state index is 5.42. The Labute approximate surface area is 119 Å². The van der Waals surface area contributed by atoms with Crippen molar-refractivity contribution in [3.05, 3.63) is 30.3 Å². The fraction of sp³-hybridized carbons (Fsp3) is 0.417. The average molecular weight is 300 g/mol. The Bertz CT molecular complexity index is 388. The number of hydrogen-bond acceptors (Lipinski definition) is 4. The first kappa shape index (κ1) is 14.6. The van der Waals surface area contributed by atoms with Gasteiger partial charge < -0.3 is 24.2 Å². The quantitative estimate of drug-likeness (QED) is 0.478. The molecule has 1 aliphatic rings. The van der Waals surface area contributed by atoms with Gasteiger partial charge in [0.2, 0.25) is 0 Å². The Morgan fingerprint density at radius 3 is 2.74 bits per heavy atom. The van der Waals surface area contributed by atoms with Crippen LogP contribution in [-0.4, -0.2) is 31.5 Å². The highest BCUT2D eigenvalue weighted by Gasteiger charge is 2.17. The lowest BCUT2D eigenvalue weighted by Crippen LogP contribution is -2.29. The molecule has 1 aromatic rings. The van der Waals surface area contributed by atoms with Crippen molar-refractivity contribution in [2.24, 2.45) is 0 Å². The monoisotopic (exact) mass is 300 g/mol. The minimum Gasteiger partial charge on any atom is -0.362 e. The lowest BCUT2D eigenvalue weighted by molar-refractivity contribution is 0.245. The molecule has 0 amide bonds. The van der Waals surface area contributed by atoms with Gasteiger partial charge in [0.05, 0.1) is 19.8 Å². The molecule has 1 aromatic carbocycles. The first-order valence-corrected chi connectivity index (χ1v) is 7.64. The molecule has 0 atom stereocenters. The van der Waals surface area contributed by atoms with E-state index in [0.29, 0.717) is 24.9 Å². The predicted molar refractivity (Wildman–Crippen MR) is 80.1 cm³/mol. The van der Waals surface area contributed by atoms with Crippen molar-refractivity contribution in [3.63, 3.8) is 0 Å². The summed E-state index contributed by atoms with van der Waals surface area (Å²) in [5.41, 5.74) is 0.979. The summed E-state index contributed by atoms with van der Waals surface area (Å²) in [5, 5.41) is 6.85. The Hall–Kier alpha value is -0.780. The zero-order valence-electron chi connectivity index (χ0n) is 10.5. The molecule has 0 unspecified atom stereocenters. The van der Waals surface area contributed by atoms with E-state index in [4.69, 9.17) is 25.8 Å². The van der Waals surface area contributed by atoms with Crippen molar-refractivity contribution in [1.82, 2.24) is 5.32 Å². The van der Waals surface area contributed by atoms with Gasteiger partial charge in [-0.3, -0.25) is 0 Å². The van der Waals surface area contributed by atoms with Crippen LogP contribution in [0.1, 0.15) is 6.42 Å². The molecule has 1 aliphatic heterocycles. The van der Waals surface area contributed by atoms with Crippen molar-refractivity contribution < 1.29 is 13.6 Å². The standard InChI is InChI=1S/C12H17N2O3PS/c19-12(14-11-5-2-1-3-6-11)13-7-4-8-15-18-16-9-10-17-18/h1-3,5-6H,4,7-10H2,(H2,13,14,19). The van der Waals surface area contributed by atoms with Gasteiger partial charge in [-0.15, -0.1) is 0 Å². The summed E-state index contributed by atoms with van der Waals surface area (Å²) in [6, 6.07) is 9.82. The summed E-state index contributed by atoms with van der Waals surface area (Å²) >= 11 is 5.18. The summed E-state index contributed by atoms with van der Waals surface area (Å²) < 4.78 is 15.9. The van der Waals surface area contributed by atoms with E-state index in [1.807, 2.05) is 30.3 Å². The number of rotatable bonds is 6. The van der Waals surface area contributed by atoms with Gasteiger partial charge >= 0.3 is 8.60 Å². The summed E-state index contributed by atoms with van der Waals surface area (Å²) in [7, 11) is -1.09. The van der Waals surface area contributed by atoms with Crippen LogP contribution in [0.5, 0.6) is 0 Å². The lowest BCUT2D eigenvalue weighted by atomic mass is 10.3. The number of anilines is 1. The lowest BCUT2D eigenvalue weighted by Gasteiger charge is -2.11. The third kappa shape index (κ3) is 5.80. The zero-order valence-corrected chi connectivity index (χ0v) is 12.2. The molecule has 0 spiro atoms. The van der Waals surface area contributed by atoms with Gasteiger partial charge in [0, 0.05) is 12.2 Å². The van der Waals surface area contributed by atoms with Crippen LogP contribution in [0.25, 0.3) is 0 Å². The minimum absolute atomic E-state index is 0.604. The van der Waals surface area contributed by atoms with Crippen LogP contribution in [0.3, 0.4) is 0 Å². The Balaban J connectivity index is 1.51. The van der Waals surface area contributed by atoms with Gasteiger partial charge in [0.1, 0.15) is 0 Å². The molecular weight excluding hydrogens is 283 g/mol. The molecule has 0 aliphatic carbocycles. The molecule has 1 heterocycles. The maximum Gasteiger partial charge on any atom is 0.332 e. The molecule has 1 saturated heterocycles. The van der Waals surface area contributed by atoms with E-state index >= 15 is 0 Å². The van der Waals surface area contributed by atoms with E-state index in [9.17, 15) is 0 Å². The SMILES string of the molecule is S=C(NCCCOP1OCCO1)Nc1ccccc1. The normalized spacial score (nSPS) is 15.4. The first-order valence-electron chi connectivity index (χ1n) is 6.13. The van der Waals surface area contributed by atoms with Crippen LogP contribution in [0.4, 0.5) is 5.69 Å². The predicted octanol–water partition coefficient (Wildman–Crippen LogP) is 2.65. The molecular formula is C12H17N2O3PS. The van der Waals surface area contributed by atoms with Crippen LogP contribution < -0.4 is 10.6 Å². The maximum absolute atomic E-state index is 5.42. The molecule has 0 bridgehead atoms. The van der Waals surface area contributed by atoms with Crippen molar-refractivity contribution >= 4 is 31.6 Å². The van der Waals surface area contributed by atoms with Crippen molar-refractivity contribution in [1.29, 1.82) is 0 Å². The van der Waals surface area contributed by atoms with Crippen LogP contribution in [0.2, 0.25) is 0 Å². The zero-order chi connectivity index (χ0) is 13.3. The summed E-state index contributed by atoms with van der Waals surface area (Å²) in [6.45, 7) is 2.62. The Kier molecular flexibility index (Phi) is 6.47. The second kappa shape index (κ2) is 8.40. The number of nitrogens with one attached hydrogen (secondary N) is 2. The third-order valence-electron chi connectivity index (χ3n) is 2.31. The van der Waals surface area contributed by atoms with Crippen molar-refractivity contribution in [2.75, 3.05) is 31.7 Å². The molecule has 0 aromatic heterocycles. The van der Waals surface area contributed by atoms with Crippen molar-refractivity contribution in [3.8, 4) is 0 Å². The van der Waals surface area contributed by atoms with E-state index in [1.54, 1.807) is 0 Å². The van der Waals surface area contributed by atoms with Gasteiger partial charge in [0.25, 0.3) is 0 Å². The van der Waals surface area contributed by atoms with E-state index in [0.717, 1.165) is 18.7 Å². The molecule has 2 N–H and O–H groups in total. The second-order valence-corrected chi connectivity index (χ2v) is 5.45. The van der Waals surface area contributed by atoms with Crippen LogP contribution in [0.15, 0.2) is 30.3 Å². The third-order valence-corrected chi connectivity index (χ3v) is 3.74. The Morgan fingerprint density at radius 1 is 1.26 bits per heavy atom. The fourth-order valence-corrected chi connectivity index (χ4v) is 2.61. The van der Waals surface area contributed by atoms with Crippen LogP contribution in [-0.2, 0) is 13.6 Å². The summed E-state index contributed by atoms with van der Waals surface area (Å²) in [5.74, 6) is 0. The molecule has 104 valence electrons. The highest BCUT2D eigenvalue weighted by Crippen LogP contribution is 2.43. The molecule has 7 heteroatoms. The molecule has 0 radical (unpaired) electrons. The van der Waals surface area contributed by atoms with E-state index < -0.39 is 8.60 Å². The van der Waals surface area contributed by atoms with E-state index in [-0.39, 0.29) is 0 Å². The highest BCUT2D eigenvalue weighted by molar-refractivity contribution is 7.80. The fourth-order valence-electron chi connectivity index (χ4n) is 1.45. The first-order chi connectivity index (χ1) is 9.34. The van der Waals surface area contributed by atoms with Gasteiger partial charge in [-0.05, 0) is 30.8 Å². The second-order valence-electron chi connectivity index (χ2n) is 3.82. The largest absolute Gasteiger partial charge is 0.362 e.